The molecule has 1 atom stereocenters. The number of hydrogen-bond acceptors (Lipinski definition) is 6. The fraction of sp³-hybridized carbons (Fsp3) is 0.438. The van der Waals surface area contributed by atoms with Gasteiger partial charge in [-0.1, -0.05) is 0 Å². The molecule has 0 radical (unpaired) electrons. The number of imide groups is 1. The van der Waals surface area contributed by atoms with Crippen molar-refractivity contribution in [1.82, 2.24) is 4.90 Å². The van der Waals surface area contributed by atoms with Crippen molar-refractivity contribution in [2.24, 2.45) is 5.92 Å². The summed E-state index contributed by atoms with van der Waals surface area (Å²) in [5.41, 5.74) is 0.193. The molecule has 0 aromatic heterocycles. The number of rotatable bonds is 4. The molecule has 0 bridgehead atoms. The summed E-state index contributed by atoms with van der Waals surface area (Å²) in [4.78, 5) is 49.0. The highest BCUT2D eigenvalue weighted by Crippen LogP contribution is 2.29. The average Bonchev–Trinajstić information content (AvgIpc) is 2.89. The zero-order chi connectivity index (χ0) is 18.1. The number of carbonyl (C=O) groups excluding carboxylic acids is 2. The Balaban J connectivity index is 1.72. The van der Waals surface area contributed by atoms with Gasteiger partial charge in [0.2, 0.25) is 5.91 Å². The van der Waals surface area contributed by atoms with Crippen LogP contribution in [0.25, 0.3) is 0 Å². The monoisotopic (exact) mass is 347 g/mol. The summed E-state index contributed by atoms with van der Waals surface area (Å²) < 4.78 is 0. The largest absolute Gasteiger partial charge is 0.481 e. The molecule has 25 heavy (non-hydrogen) atoms. The minimum atomic E-state index is -0.832. The Morgan fingerprint density at radius 2 is 1.76 bits per heavy atom. The van der Waals surface area contributed by atoms with E-state index < -0.39 is 22.9 Å². The zero-order valence-electron chi connectivity index (χ0n) is 13.3. The van der Waals surface area contributed by atoms with Crippen LogP contribution in [0, 0.1) is 16.0 Å². The van der Waals surface area contributed by atoms with Crippen molar-refractivity contribution in [3.05, 3.63) is 34.4 Å². The summed E-state index contributed by atoms with van der Waals surface area (Å²) in [5, 5.41) is 19.7. The molecule has 2 heterocycles. The van der Waals surface area contributed by atoms with E-state index in [1.807, 2.05) is 4.90 Å². The first-order valence-electron chi connectivity index (χ1n) is 7.96. The van der Waals surface area contributed by atoms with Crippen molar-refractivity contribution in [3.63, 3.8) is 0 Å². The lowest BCUT2D eigenvalue weighted by Crippen LogP contribution is -2.46. The molecule has 0 saturated carbocycles. The third kappa shape index (κ3) is 3.22. The van der Waals surface area contributed by atoms with Gasteiger partial charge in [0.25, 0.3) is 11.6 Å². The molecule has 2 aliphatic heterocycles. The van der Waals surface area contributed by atoms with E-state index in [0.29, 0.717) is 31.6 Å². The molecule has 0 spiro atoms. The Kier molecular flexibility index (Phi) is 4.49. The highest BCUT2D eigenvalue weighted by molar-refractivity contribution is 6.22. The van der Waals surface area contributed by atoms with E-state index in [0.717, 1.165) is 4.90 Å². The number of carboxylic acid groups (broad SMARTS) is 1. The van der Waals surface area contributed by atoms with Gasteiger partial charge in [0, 0.05) is 12.1 Å². The van der Waals surface area contributed by atoms with Crippen LogP contribution >= 0.6 is 0 Å². The summed E-state index contributed by atoms with van der Waals surface area (Å²) in [5.74, 6) is -1.97. The fourth-order valence-corrected chi connectivity index (χ4v) is 3.35. The second-order valence-electron chi connectivity index (χ2n) is 6.21. The third-order valence-corrected chi connectivity index (χ3v) is 4.76. The van der Waals surface area contributed by atoms with E-state index in [1.165, 1.54) is 24.3 Å². The van der Waals surface area contributed by atoms with Gasteiger partial charge in [0.15, 0.2) is 0 Å². The van der Waals surface area contributed by atoms with Crippen molar-refractivity contribution < 1.29 is 24.4 Å². The lowest BCUT2D eigenvalue weighted by atomic mass is 9.96. The van der Waals surface area contributed by atoms with Gasteiger partial charge in [0.05, 0.1) is 29.0 Å². The molecule has 2 amide bonds. The normalized spacial score (nSPS) is 22.4. The van der Waals surface area contributed by atoms with Crippen LogP contribution in [0.15, 0.2) is 24.3 Å². The minimum absolute atomic E-state index is 0.0353. The predicted molar refractivity (Wildman–Crippen MR) is 85.9 cm³/mol. The number of aliphatic carboxylic acids is 1. The number of anilines is 1. The van der Waals surface area contributed by atoms with Gasteiger partial charge in [-0.2, -0.15) is 0 Å². The third-order valence-electron chi connectivity index (χ3n) is 4.76. The SMILES string of the molecule is O=C(O)C1CCN([C@@H]2CC(=O)N(c3ccc([N+](=O)[O-])cc3)C2=O)CC1. The summed E-state index contributed by atoms with van der Waals surface area (Å²) in [6.07, 6.45) is 0.934. The average molecular weight is 347 g/mol. The second-order valence-corrected chi connectivity index (χ2v) is 6.21. The Labute approximate surface area is 143 Å². The number of hydrogen-bond donors (Lipinski definition) is 1. The lowest BCUT2D eigenvalue weighted by molar-refractivity contribution is -0.384. The summed E-state index contributed by atoms with van der Waals surface area (Å²) >= 11 is 0. The summed E-state index contributed by atoms with van der Waals surface area (Å²) in [6.45, 7) is 0.906. The quantitative estimate of drug-likeness (QED) is 0.490. The Bertz CT molecular complexity index is 724. The number of carboxylic acids is 1. The first-order valence-corrected chi connectivity index (χ1v) is 7.96. The smallest absolute Gasteiger partial charge is 0.306 e. The van der Waals surface area contributed by atoms with Gasteiger partial charge in [0.1, 0.15) is 0 Å². The molecule has 132 valence electrons. The molecular weight excluding hydrogens is 330 g/mol. The lowest BCUT2D eigenvalue weighted by Gasteiger charge is -2.33. The van der Waals surface area contributed by atoms with Crippen LogP contribution in [0.5, 0.6) is 0 Å². The van der Waals surface area contributed by atoms with E-state index in [4.69, 9.17) is 5.11 Å². The number of non-ortho nitro benzene ring substituents is 1. The highest BCUT2D eigenvalue weighted by Gasteiger charge is 2.43. The number of piperidine rings is 1. The van der Waals surface area contributed by atoms with Crippen LogP contribution in [0.3, 0.4) is 0 Å². The first kappa shape index (κ1) is 17.0. The topological polar surface area (TPSA) is 121 Å². The summed E-state index contributed by atoms with van der Waals surface area (Å²) in [6, 6.07) is 4.67. The van der Waals surface area contributed by atoms with E-state index in [2.05, 4.69) is 0 Å². The number of carbonyl (C=O) groups is 3. The number of nitro groups is 1. The Morgan fingerprint density at radius 3 is 2.28 bits per heavy atom. The van der Waals surface area contributed by atoms with Crippen LogP contribution in [-0.2, 0) is 14.4 Å². The molecule has 1 aromatic carbocycles. The van der Waals surface area contributed by atoms with E-state index >= 15 is 0 Å². The molecule has 1 N–H and O–H groups in total. The first-order chi connectivity index (χ1) is 11.9. The molecule has 2 aliphatic rings. The zero-order valence-corrected chi connectivity index (χ0v) is 13.3. The van der Waals surface area contributed by atoms with E-state index in [9.17, 15) is 24.5 Å². The fourth-order valence-electron chi connectivity index (χ4n) is 3.35. The van der Waals surface area contributed by atoms with Crippen LogP contribution < -0.4 is 4.90 Å². The van der Waals surface area contributed by atoms with Gasteiger partial charge < -0.3 is 5.11 Å². The Hall–Kier alpha value is -2.81. The van der Waals surface area contributed by atoms with E-state index in [-0.39, 0.29) is 23.9 Å². The summed E-state index contributed by atoms with van der Waals surface area (Å²) in [7, 11) is 0. The molecule has 0 aliphatic carbocycles. The number of nitro benzene ring substituents is 1. The number of benzene rings is 1. The molecule has 1 aromatic rings. The molecule has 2 saturated heterocycles. The van der Waals surface area contributed by atoms with Gasteiger partial charge in [-0.15, -0.1) is 0 Å². The van der Waals surface area contributed by atoms with Crippen molar-refractivity contribution in [2.75, 3.05) is 18.0 Å². The molecule has 9 heteroatoms. The van der Waals surface area contributed by atoms with Gasteiger partial charge in [-0.05, 0) is 38.1 Å². The molecule has 9 nitrogen and oxygen atoms in total. The molecular formula is C16H17N3O6. The maximum Gasteiger partial charge on any atom is 0.306 e. The van der Waals surface area contributed by atoms with Crippen molar-refractivity contribution in [2.45, 2.75) is 25.3 Å². The van der Waals surface area contributed by atoms with E-state index in [1.54, 1.807) is 0 Å². The van der Waals surface area contributed by atoms with Crippen LogP contribution in [0.2, 0.25) is 0 Å². The van der Waals surface area contributed by atoms with Gasteiger partial charge >= 0.3 is 5.97 Å². The van der Waals surface area contributed by atoms with Crippen LogP contribution in [0.1, 0.15) is 19.3 Å². The van der Waals surface area contributed by atoms with Crippen molar-refractivity contribution in [1.29, 1.82) is 0 Å². The standard InChI is InChI=1S/C16H17N3O6/c20-14-9-13(17-7-5-10(6-8-17)16(22)23)15(21)18(14)11-1-3-12(4-2-11)19(24)25/h1-4,10,13H,5-9H2,(H,22,23)/t13-/m1/s1. The van der Waals surface area contributed by atoms with Crippen LogP contribution in [0.4, 0.5) is 11.4 Å². The second kappa shape index (κ2) is 6.60. The molecule has 0 unspecified atom stereocenters. The van der Waals surface area contributed by atoms with Gasteiger partial charge in [-0.25, -0.2) is 4.90 Å². The number of nitrogens with zero attached hydrogens (tertiary/aromatic N) is 3. The predicted octanol–water partition coefficient (Wildman–Crippen LogP) is 1.02. The highest BCUT2D eigenvalue weighted by atomic mass is 16.6. The van der Waals surface area contributed by atoms with Crippen molar-refractivity contribution in [3.8, 4) is 0 Å². The maximum absolute atomic E-state index is 12.7. The maximum atomic E-state index is 12.7. The molecule has 3 rings (SSSR count). The van der Waals surface area contributed by atoms with Crippen molar-refractivity contribution >= 4 is 29.2 Å². The van der Waals surface area contributed by atoms with Gasteiger partial charge in [-0.3, -0.25) is 29.4 Å². The Morgan fingerprint density at radius 1 is 1.16 bits per heavy atom. The molecule has 2 fully saturated rings. The van der Waals surface area contributed by atoms with Crippen LogP contribution in [-0.4, -0.2) is 51.8 Å². The number of likely N-dealkylation sites (tertiary alicyclic amines) is 1. The number of amides is 2. The minimum Gasteiger partial charge on any atom is -0.481 e.